The summed E-state index contributed by atoms with van der Waals surface area (Å²) >= 11 is 1.52. The molecule has 1 unspecified atom stereocenters. The normalized spacial score (nSPS) is 22.2. The van der Waals surface area contributed by atoms with Crippen LogP contribution in [-0.2, 0) is 4.79 Å². The molecular weight excluding hydrogens is 294 g/mol. The smallest absolute Gasteiger partial charge is 0.170 e. The van der Waals surface area contributed by atoms with E-state index in [4.69, 9.17) is 0 Å². The van der Waals surface area contributed by atoms with E-state index in [1.807, 2.05) is 60.7 Å². The first-order valence-corrected chi connectivity index (χ1v) is 7.89. The first-order chi connectivity index (χ1) is 10.8. The largest absolute Gasteiger partial charge is 0.515 e. The highest BCUT2D eigenvalue weighted by Gasteiger charge is 2.30. The van der Waals surface area contributed by atoms with Crippen LogP contribution in [0.1, 0.15) is 17.2 Å². The van der Waals surface area contributed by atoms with Crippen LogP contribution in [0.25, 0.3) is 0 Å². The lowest BCUT2D eigenvalue weighted by Crippen LogP contribution is -2.20. The molecule has 1 atom stereocenters. The maximum absolute atomic E-state index is 12.3. The molecule has 0 spiro atoms. The molecule has 1 fully saturated rings. The Kier molecular flexibility index (Phi) is 4.39. The Hall–Kier alpha value is -2.33. The molecule has 2 aromatic carbocycles. The minimum Gasteiger partial charge on any atom is -0.515 e. The number of aliphatic hydroxyl groups excluding tert-OH is 1. The summed E-state index contributed by atoms with van der Waals surface area (Å²) in [5.41, 5.74) is 2.16. The van der Waals surface area contributed by atoms with Gasteiger partial charge in [0.1, 0.15) is 5.04 Å². The van der Waals surface area contributed by atoms with Gasteiger partial charge in [0.2, 0.25) is 0 Å². The van der Waals surface area contributed by atoms with Gasteiger partial charge in [0.15, 0.2) is 5.78 Å². The number of aliphatic hydroxyl groups is 1. The summed E-state index contributed by atoms with van der Waals surface area (Å²) in [6.45, 7) is 0. The molecule has 0 aliphatic carbocycles. The summed E-state index contributed by atoms with van der Waals surface area (Å²) in [4.78, 5) is 16.8. The Morgan fingerprint density at radius 3 is 2.32 bits per heavy atom. The van der Waals surface area contributed by atoms with Gasteiger partial charge in [-0.3, -0.25) is 4.79 Å². The molecule has 4 heteroatoms. The van der Waals surface area contributed by atoms with E-state index < -0.39 is 0 Å². The molecule has 2 aromatic rings. The average molecular weight is 309 g/mol. The van der Waals surface area contributed by atoms with Crippen LogP contribution in [0, 0.1) is 0 Å². The topological polar surface area (TPSA) is 49.7 Å². The Bertz CT molecular complexity index is 723. The summed E-state index contributed by atoms with van der Waals surface area (Å²) in [5.74, 6) is -0.0789. The molecule has 22 heavy (non-hydrogen) atoms. The highest BCUT2D eigenvalue weighted by molar-refractivity contribution is 8.14. The number of nitrogens with zero attached hydrogens (tertiary/aromatic N) is 1. The van der Waals surface area contributed by atoms with Crippen molar-refractivity contribution in [2.24, 2.45) is 4.99 Å². The van der Waals surface area contributed by atoms with Gasteiger partial charge >= 0.3 is 0 Å². The summed E-state index contributed by atoms with van der Waals surface area (Å²) in [5, 5.41) is 9.99. The van der Waals surface area contributed by atoms with Gasteiger partial charge in [0.25, 0.3) is 0 Å². The number of carbonyl (C=O) groups is 1. The van der Waals surface area contributed by atoms with E-state index >= 15 is 0 Å². The van der Waals surface area contributed by atoms with Gasteiger partial charge in [-0.2, -0.15) is 0 Å². The second kappa shape index (κ2) is 6.62. The SMILES string of the molecule is O=C1CC(c2ccccc2)SC(=Nc2ccccc2)/C1=C/O. The number of ketones is 1. The number of aliphatic imine (C=N–C) groups is 1. The molecule has 0 aromatic heterocycles. The molecular formula is C18H15NO2S. The highest BCUT2D eigenvalue weighted by Crippen LogP contribution is 2.41. The van der Waals surface area contributed by atoms with Crippen molar-refractivity contribution in [1.29, 1.82) is 0 Å². The summed E-state index contributed by atoms with van der Waals surface area (Å²) in [7, 11) is 0. The van der Waals surface area contributed by atoms with E-state index in [2.05, 4.69) is 4.99 Å². The number of rotatable bonds is 2. The molecule has 3 nitrogen and oxygen atoms in total. The van der Waals surface area contributed by atoms with Crippen LogP contribution in [0.4, 0.5) is 5.69 Å². The van der Waals surface area contributed by atoms with E-state index in [1.54, 1.807) is 0 Å². The third-order valence-corrected chi connectivity index (χ3v) is 4.70. The van der Waals surface area contributed by atoms with Crippen molar-refractivity contribution in [1.82, 2.24) is 0 Å². The maximum atomic E-state index is 12.3. The predicted octanol–water partition coefficient (Wildman–Crippen LogP) is 4.61. The molecule has 1 aliphatic rings. The first-order valence-electron chi connectivity index (χ1n) is 7.01. The second-order valence-corrected chi connectivity index (χ2v) is 6.13. The van der Waals surface area contributed by atoms with Crippen molar-refractivity contribution >= 4 is 28.3 Å². The van der Waals surface area contributed by atoms with E-state index in [-0.39, 0.29) is 11.0 Å². The standard InChI is InChI=1S/C18H15NO2S/c20-12-15-16(21)11-17(13-7-3-1-4-8-13)22-18(15)19-14-9-5-2-6-10-14/h1-10,12,17,20H,11H2/b15-12+,19-18?. The minimum atomic E-state index is -0.0789. The van der Waals surface area contributed by atoms with Gasteiger partial charge in [0, 0.05) is 11.7 Å². The zero-order valence-corrected chi connectivity index (χ0v) is 12.7. The highest BCUT2D eigenvalue weighted by atomic mass is 32.2. The van der Waals surface area contributed by atoms with Crippen LogP contribution in [0.15, 0.2) is 77.5 Å². The molecule has 1 aliphatic heterocycles. The fourth-order valence-corrected chi connectivity index (χ4v) is 3.57. The van der Waals surface area contributed by atoms with Gasteiger partial charge in [-0.1, -0.05) is 60.3 Å². The summed E-state index contributed by atoms with van der Waals surface area (Å²) in [6, 6.07) is 19.4. The van der Waals surface area contributed by atoms with E-state index in [9.17, 15) is 9.90 Å². The Morgan fingerprint density at radius 2 is 1.68 bits per heavy atom. The van der Waals surface area contributed by atoms with Gasteiger partial charge < -0.3 is 5.11 Å². The van der Waals surface area contributed by atoms with Crippen molar-refractivity contribution in [3.05, 3.63) is 78.1 Å². The lowest BCUT2D eigenvalue weighted by Gasteiger charge is -2.23. The number of hydrogen-bond donors (Lipinski definition) is 1. The molecule has 1 N–H and O–H groups in total. The van der Waals surface area contributed by atoms with E-state index in [0.717, 1.165) is 17.5 Å². The summed E-state index contributed by atoms with van der Waals surface area (Å²) in [6.07, 6.45) is 1.24. The zero-order chi connectivity index (χ0) is 15.4. The Morgan fingerprint density at radius 1 is 1.05 bits per heavy atom. The zero-order valence-electron chi connectivity index (χ0n) is 11.8. The van der Waals surface area contributed by atoms with Crippen LogP contribution in [0.3, 0.4) is 0 Å². The van der Waals surface area contributed by atoms with Crippen LogP contribution in [-0.4, -0.2) is 15.9 Å². The van der Waals surface area contributed by atoms with Crippen LogP contribution >= 0.6 is 11.8 Å². The van der Waals surface area contributed by atoms with Crippen molar-refractivity contribution in [3.8, 4) is 0 Å². The molecule has 0 amide bonds. The van der Waals surface area contributed by atoms with Crippen molar-refractivity contribution in [2.75, 3.05) is 0 Å². The molecule has 0 saturated carbocycles. The third kappa shape index (κ3) is 3.12. The second-order valence-electron chi connectivity index (χ2n) is 4.94. The molecule has 110 valence electrons. The molecule has 0 radical (unpaired) electrons. The quantitative estimate of drug-likeness (QED) is 0.651. The summed E-state index contributed by atoms with van der Waals surface area (Å²) < 4.78 is 0. The Labute approximate surface area is 133 Å². The average Bonchev–Trinajstić information content (AvgIpc) is 2.56. The van der Waals surface area contributed by atoms with E-state index in [1.165, 1.54) is 11.8 Å². The van der Waals surface area contributed by atoms with Gasteiger partial charge in [0.05, 0.1) is 17.5 Å². The fraction of sp³-hybridized carbons (Fsp3) is 0.111. The van der Waals surface area contributed by atoms with Crippen LogP contribution < -0.4 is 0 Å². The van der Waals surface area contributed by atoms with Crippen LogP contribution in [0.2, 0.25) is 0 Å². The fourth-order valence-electron chi connectivity index (χ4n) is 2.32. The lowest BCUT2D eigenvalue weighted by atomic mass is 10.0. The van der Waals surface area contributed by atoms with E-state index in [0.29, 0.717) is 17.0 Å². The number of benzene rings is 2. The monoisotopic (exact) mass is 309 g/mol. The first kappa shape index (κ1) is 14.6. The number of thioether (sulfide) groups is 1. The molecule has 1 saturated heterocycles. The number of para-hydroxylation sites is 1. The Balaban J connectivity index is 1.96. The lowest BCUT2D eigenvalue weighted by molar-refractivity contribution is -0.115. The van der Waals surface area contributed by atoms with Crippen LogP contribution in [0.5, 0.6) is 0 Å². The molecule has 1 heterocycles. The van der Waals surface area contributed by atoms with Crippen molar-refractivity contribution in [2.45, 2.75) is 11.7 Å². The predicted molar refractivity (Wildman–Crippen MR) is 90.6 cm³/mol. The van der Waals surface area contributed by atoms with Gasteiger partial charge in [-0.05, 0) is 17.7 Å². The molecule has 0 bridgehead atoms. The van der Waals surface area contributed by atoms with Gasteiger partial charge in [-0.25, -0.2) is 4.99 Å². The maximum Gasteiger partial charge on any atom is 0.170 e. The van der Waals surface area contributed by atoms with Crippen molar-refractivity contribution < 1.29 is 9.90 Å². The minimum absolute atomic E-state index is 0.0277. The third-order valence-electron chi connectivity index (χ3n) is 3.44. The van der Waals surface area contributed by atoms with Crippen molar-refractivity contribution in [3.63, 3.8) is 0 Å². The van der Waals surface area contributed by atoms with Gasteiger partial charge in [-0.15, -0.1) is 0 Å². The number of Topliss-reactive ketones (excluding diaryl/α,β-unsaturated/α-hetero) is 1. The number of hydrogen-bond acceptors (Lipinski definition) is 4. The molecule has 3 rings (SSSR count). The number of carbonyl (C=O) groups excluding carboxylic acids is 1.